The van der Waals surface area contributed by atoms with Crippen molar-refractivity contribution in [2.45, 2.75) is 19.9 Å². The number of hydrogen-bond acceptors (Lipinski definition) is 4. The van der Waals surface area contributed by atoms with Gasteiger partial charge in [-0.2, -0.15) is 0 Å². The number of aromatic nitrogens is 1. The van der Waals surface area contributed by atoms with Gasteiger partial charge in [0.1, 0.15) is 5.75 Å². The van der Waals surface area contributed by atoms with E-state index < -0.39 is 0 Å². The molecular formula is C13H14Br2N2OS. The normalized spacial score (nSPS) is 10.5. The molecule has 0 spiro atoms. The Morgan fingerprint density at radius 2 is 2.05 bits per heavy atom. The van der Waals surface area contributed by atoms with Crippen LogP contribution in [-0.4, -0.2) is 11.6 Å². The fourth-order valence-electron chi connectivity index (χ4n) is 1.54. The first kappa shape index (κ1) is 14.8. The first-order valence-electron chi connectivity index (χ1n) is 5.94. The van der Waals surface area contributed by atoms with Crippen molar-refractivity contribution in [3.8, 4) is 5.75 Å². The number of nitrogens with zero attached hydrogens (tertiary/aromatic N) is 1. The molecule has 0 radical (unpaired) electrons. The zero-order valence-corrected chi connectivity index (χ0v) is 14.4. The highest BCUT2D eigenvalue weighted by Gasteiger charge is 2.09. The fraction of sp³-hybridized carbons (Fsp3) is 0.308. The van der Waals surface area contributed by atoms with Crippen molar-refractivity contribution in [2.75, 3.05) is 11.9 Å². The van der Waals surface area contributed by atoms with Crippen molar-refractivity contribution >= 4 is 48.3 Å². The van der Waals surface area contributed by atoms with E-state index in [1.807, 2.05) is 5.38 Å². The molecule has 2 aromatic rings. The van der Waals surface area contributed by atoms with Gasteiger partial charge in [-0.3, -0.25) is 0 Å². The zero-order chi connectivity index (χ0) is 13.7. The molecule has 1 N–H and O–H groups in total. The van der Waals surface area contributed by atoms with Crippen molar-refractivity contribution in [1.29, 1.82) is 0 Å². The summed E-state index contributed by atoms with van der Waals surface area (Å²) in [6.45, 7) is 3.54. The molecule has 102 valence electrons. The van der Waals surface area contributed by atoms with Crippen LogP contribution in [0.3, 0.4) is 0 Å². The number of rotatable bonds is 6. The molecule has 1 aromatic heterocycles. The van der Waals surface area contributed by atoms with Gasteiger partial charge in [-0.1, -0.05) is 6.92 Å². The van der Waals surface area contributed by atoms with Crippen LogP contribution >= 0.6 is 43.2 Å². The van der Waals surface area contributed by atoms with Gasteiger partial charge in [-0.05, 0) is 56.0 Å². The monoisotopic (exact) mass is 404 g/mol. The summed E-state index contributed by atoms with van der Waals surface area (Å²) in [4.78, 5) is 4.19. The second-order valence-corrected chi connectivity index (χ2v) is 6.53. The number of benzene rings is 1. The van der Waals surface area contributed by atoms with E-state index in [2.05, 4.69) is 61.2 Å². The highest BCUT2D eigenvalue weighted by Crippen LogP contribution is 2.35. The summed E-state index contributed by atoms with van der Waals surface area (Å²) in [5.41, 5.74) is 1.16. The third-order valence-corrected chi connectivity index (χ3v) is 4.29. The van der Waals surface area contributed by atoms with E-state index >= 15 is 0 Å². The molecule has 2 rings (SSSR count). The summed E-state index contributed by atoms with van der Waals surface area (Å²) in [7, 11) is 0. The standard InChI is InChI=1S/C13H14Br2N2OS/c1-2-4-18-12-10(14)6-9(7-11(12)15)8-17-13-16-3-5-19-13/h3,5-7H,2,4,8H2,1H3,(H,16,17). The Hall–Kier alpha value is -0.590. The zero-order valence-electron chi connectivity index (χ0n) is 10.5. The number of anilines is 1. The molecule has 6 heteroatoms. The summed E-state index contributed by atoms with van der Waals surface area (Å²) >= 11 is 8.70. The van der Waals surface area contributed by atoms with Crippen LogP contribution in [0.25, 0.3) is 0 Å². The van der Waals surface area contributed by atoms with Crippen LogP contribution in [0.2, 0.25) is 0 Å². The molecule has 0 unspecified atom stereocenters. The van der Waals surface area contributed by atoms with Crippen molar-refractivity contribution in [3.63, 3.8) is 0 Å². The minimum Gasteiger partial charge on any atom is -0.491 e. The van der Waals surface area contributed by atoms with E-state index in [1.165, 1.54) is 0 Å². The number of hydrogen-bond donors (Lipinski definition) is 1. The Morgan fingerprint density at radius 3 is 2.63 bits per heavy atom. The second kappa shape index (κ2) is 7.26. The average Bonchev–Trinajstić information content (AvgIpc) is 2.88. The highest BCUT2D eigenvalue weighted by molar-refractivity contribution is 9.11. The molecule has 0 fully saturated rings. The summed E-state index contributed by atoms with van der Waals surface area (Å²) < 4.78 is 7.63. The van der Waals surface area contributed by atoms with Crippen LogP contribution < -0.4 is 10.1 Å². The van der Waals surface area contributed by atoms with Crippen LogP contribution in [0.15, 0.2) is 32.7 Å². The lowest BCUT2D eigenvalue weighted by Gasteiger charge is -2.12. The van der Waals surface area contributed by atoms with Crippen molar-refractivity contribution in [3.05, 3.63) is 38.2 Å². The minimum absolute atomic E-state index is 0.716. The molecule has 0 aliphatic rings. The van der Waals surface area contributed by atoms with Gasteiger partial charge in [0.2, 0.25) is 0 Å². The van der Waals surface area contributed by atoms with Gasteiger partial charge in [0, 0.05) is 18.1 Å². The molecule has 0 amide bonds. The van der Waals surface area contributed by atoms with E-state index in [1.54, 1.807) is 17.5 Å². The molecule has 0 saturated carbocycles. The van der Waals surface area contributed by atoms with Gasteiger partial charge >= 0.3 is 0 Å². The lowest BCUT2D eigenvalue weighted by atomic mass is 10.2. The molecule has 1 heterocycles. The number of ether oxygens (including phenoxy) is 1. The van der Waals surface area contributed by atoms with Crippen molar-refractivity contribution in [1.82, 2.24) is 4.98 Å². The minimum atomic E-state index is 0.716. The largest absolute Gasteiger partial charge is 0.491 e. The first-order valence-corrected chi connectivity index (χ1v) is 8.41. The van der Waals surface area contributed by atoms with E-state index in [9.17, 15) is 0 Å². The quantitative estimate of drug-likeness (QED) is 0.728. The molecule has 19 heavy (non-hydrogen) atoms. The molecule has 1 aromatic carbocycles. The van der Waals surface area contributed by atoms with Crippen molar-refractivity contribution in [2.24, 2.45) is 0 Å². The Labute approximate surface area is 133 Å². The lowest BCUT2D eigenvalue weighted by Crippen LogP contribution is -2.01. The molecule has 0 bridgehead atoms. The van der Waals surface area contributed by atoms with Crippen LogP contribution in [0, 0.1) is 0 Å². The maximum Gasteiger partial charge on any atom is 0.182 e. The topological polar surface area (TPSA) is 34.1 Å². The van der Waals surface area contributed by atoms with Crippen LogP contribution in [0.4, 0.5) is 5.13 Å². The third-order valence-electron chi connectivity index (χ3n) is 2.38. The van der Waals surface area contributed by atoms with Gasteiger partial charge in [-0.15, -0.1) is 11.3 Å². The van der Waals surface area contributed by atoms with E-state index in [0.29, 0.717) is 6.61 Å². The van der Waals surface area contributed by atoms with E-state index in [4.69, 9.17) is 4.74 Å². The Bertz CT molecular complexity index is 508. The molecule has 0 atom stereocenters. The summed E-state index contributed by atoms with van der Waals surface area (Å²) in [6, 6.07) is 4.13. The Kier molecular flexibility index (Phi) is 5.66. The van der Waals surface area contributed by atoms with Gasteiger partial charge in [-0.25, -0.2) is 4.98 Å². The van der Waals surface area contributed by atoms with E-state index in [-0.39, 0.29) is 0 Å². The number of thiazole rings is 1. The smallest absolute Gasteiger partial charge is 0.182 e. The Morgan fingerprint density at radius 1 is 1.32 bits per heavy atom. The third kappa shape index (κ3) is 4.19. The predicted molar refractivity (Wildman–Crippen MR) is 87.1 cm³/mol. The second-order valence-electron chi connectivity index (χ2n) is 3.93. The maximum absolute atomic E-state index is 5.70. The SMILES string of the molecule is CCCOc1c(Br)cc(CNc2nccs2)cc1Br. The molecule has 0 saturated heterocycles. The maximum atomic E-state index is 5.70. The van der Waals surface area contributed by atoms with Crippen LogP contribution in [0.5, 0.6) is 5.75 Å². The van der Waals surface area contributed by atoms with Gasteiger partial charge in [0.15, 0.2) is 5.13 Å². The summed E-state index contributed by atoms with van der Waals surface area (Å²) in [5.74, 6) is 0.861. The lowest BCUT2D eigenvalue weighted by molar-refractivity contribution is 0.313. The summed E-state index contributed by atoms with van der Waals surface area (Å²) in [6.07, 6.45) is 2.78. The number of nitrogens with one attached hydrogen (secondary N) is 1. The molecule has 3 nitrogen and oxygen atoms in total. The van der Waals surface area contributed by atoms with Gasteiger partial charge in [0.25, 0.3) is 0 Å². The van der Waals surface area contributed by atoms with Gasteiger partial charge < -0.3 is 10.1 Å². The first-order chi connectivity index (χ1) is 9.20. The number of halogens is 2. The summed E-state index contributed by atoms with van der Waals surface area (Å²) in [5, 5.41) is 6.17. The Balaban J connectivity index is 2.06. The average molecular weight is 406 g/mol. The van der Waals surface area contributed by atoms with Crippen molar-refractivity contribution < 1.29 is 4.74 Å². The van der Waals surface area contributed by atoms with Crippen LogP contribution in [-0.2, 0) is 6.54 Å². The molecule has 0 aliphatic carbocycles. The molecular weight excluding hydrogens is 392 g/mol. The van der Waals surface area contributed by atoms with Crippen LogP contribution in [0.1, 0.15) is 18.9 Å². The highest BCUT2D eigenvalue weighted by atomic mass is 79.9. The fourth-order valence-corrected chi connectivity index (χ4v) is 3.58. The predicted octanol–water partition coefficient (Wildman–Crippen LogP) is 5.07. The van der Waals surface area contributed by atoms with E-state index in [0.717, 1.165) is 38.4 Å². The molecule has 0 aliphatic heterocycles. The van der Waals surface area contributed by atoms with Gasteiger partial charge in [0.05, 0.1) is 15.6 Å².